The minimum atomic E-state index is 0.450. The molecule has 0 spiro atoms. The van der Waals surface area contributed by atoms with Gasteiger partial charge in [0.1, 0.15) is 5.75 Å². The second-order valence-electron chi connectivity index (χ2n) is 4.42. The lowest BCUT2D eigenvalue weighted by Gasteiger charge is -2.27. The third kappa shape index (κ3) is 2.36. The Labute approximate surface area is 96.6 Å². The van der Waals surface area contributed by atoms with Gasteiger partial charge in [0, 0.05) is 25.2 Å². The van der Waals surface area contributed by atoms with Gasteiger partial charge >= 0.3 is 0 Å². The Hall–Kier alpha value is -1.06. The lowest BCUT2D eigenvalue weighted by Crippen LogP contribution is -2.35. The minimum Gasteiger partial charge on any atom is -0.507 e. The summed E-state index contributed by atoms with van der Waals surface area (Å²) in [4.78, 5) is 2.32. The van der Waals surface area contributed by atoms with E-state index in [9.17, 15) is 5.11 Å². The average Bonchev–Trinajstić information content (AvgIpc) is 2.31. The summed E-state index contributed by atoms with van der Waals surface area (Å²) in [5, 5.41) is 10.1. The van der Waals surface area contributed by atoms with Crippen molar-refractivity contribution >= 4 is 0 Å². The minimum absolute atomic E-state index is 0.450. The van der Waals surface area contributed by atoms with E-state index in [0.29, 0.717) is 5.75 Å². The van der Waals surface area contributed by atoms with Crippen molar-refractivity contribution in [3.63, 3.8) is 0 Å². The zero-order valence-corrected chi connectivity index (χ0v) is 9.99. The molecule has 0 unspecified atom stereocenters. The van der Waals surface area contributed by atoms with E-state index < -0.39 is 0 Å². The van der Waals surface area contributed by atoms with Gasteiger partial charge in [0.2, 0.25) is 0 Å². The number of ether oxygens (including phenoxy) is 1. The highest BCUT2D eigenvalue weighted by Gasteiger charge is 2.15. The first-order valence-electron chi connectivity index (χ1n) is 5.76. The van der Waals surface area contributed by atoms with Gasteiger partial charge in [-0.15, -0.1) is 0 Å². The SMILES string of the molecule is Cc1ccc(C)c(CN2CCOCC2)c1O. The molecule has 16 heavy (non-hydrogen) atoms. The summed E-state index contributed by atoms with van der Waals surface area (Å²) in [6.45, 7) is 8.31. The van der Waals surface area contributed by atoms with Crippen LogP contribution < -0.4 is 0 Å². The molecule has 3 nitrogen and oxygen atoms in total. The van der Waals surface area contributed by atoms with E-state index in [0.717, 1.165) is 49.5 Å². The molecule has 2 rings (SSSR count). The first-order chi connectivity index (χ1) is 7.68. The lowest BCUT2D eigenvalue weighted by atomic mass is 10.0. The van der Waals surface area contributed by atoms with Gasteiger partial charge in [0.05, 0.1) is 13.2 Å². The number of hydrogen-bond donors (Lipinski definition) is 1. The number of phenolic OH excluding ortho intramolecular Hbond substituents is 1. The Kier molecular flexibility index (Phi) is 3.46. The van der Waals surface area contributed by atoms with Crippen LogP contribution in [0.25, 0.3) is 0 Å². The monoisotopic (exact) mass is 221 g/mol. The third-order valence-corrected chi connectivity index (χ3v) is 3.20. The summed E-state index contributed by atoms with van der Waals surface area (Å²) < 4.78 is 5.32. The Morgan fingerprint density at radius 2 is 1.81 bits per heavy atom. The molecular weight excluding hydrogens is 202 g/mol. The van der Waals surface area contributed by atoms with Gasteiger partial charge in [0.25, 0.3) is 0 Å². The molecule has 88 valence electrons. The summed E-state index contributed by atoms with van der Waals surface area (Å²) >= 11 is 0. The van der Waals surface area contributed by atoms with Crippen LogP contribution in [-0.2, 0) is 11.3 Å². The molecule has 1 aliphatic heterocycles. The van der Waals surface area contributed by atoms with E-state index in [1.807, 2.05) is 13.0 Å². The third-order valence-electron chi connectivity index (χ3n) is 3.20. The summed E-state index contributed by atoms with van der Waals surface area (Å²) in [6, 6.07) is 4.04. The van der Waals surface area contributed by atoms with Crippen molar-refractivity contribution in [3.05, 3.63) is 28.8 Å². The van der Waals surface area contributed by atoms with Crippen LogP contribution in [0.2, 0.25) is 0 Å². The molecule has 1 saturated heterocycles. The molecule has 1 fully saturated rings. The van der Waals surface area contributed by atoms with Crippen LogP contribution in [0.4, 0.5) is 0 Å². The Morgan fingerprint density at radius 1 is 1.19 bits per heavy atom. The van der Waals surface area contributed by atoms with Crippen molar-refractivity contribution < 1.29 is 9.84 Å². The topological polar surface area (TPSA) is 32.7 Å². The highest BCUT2D eigenvalue weighted by atomic mass is 16.5. The first-order valence-corrected chi connectivity index (χ1v) is 5.76. The maximum atomic E-state index is 10.1. The number of aryl methyl sites for hydroxylation is 2. The molecule has 1 heterocycles. The second-order valence-corrected chi connectivity index (χ2v) is 4.42. The number of nitrogens with zero attached hydrogens (tertiary/aromatic N) is 1. The molecule has 0 aliphatic carbocycles. The predicted octanol–water partition coefficient (Wildman–Crippen LogP) is 1.84. The van der Waals surface area contributed by atoms with Gasteiger partial charge in [-0.2, -0.15) is 0 Å². The molecule has 1 aromatic carbocycles. The normalized spacial score (nSPS) is 17.6. The highest BCUT2D eigenvalue weighted by molar-refractivity contribution is 5.44. The van der Waals surface area contributed by atoms with Crippen LogP contribution in [0.3, 0.4) is 0 Å². The van der Waals surface area contributed by atoms with Crippen LogP contribution in [0.15, 0.2) is 12.1 Å². The van der Waals surface area contributed by atoms with Crippen LogP contribution >= 0.6 is 0 Å². The van der Waals surface area contributed by atoms with E-state index in [-0.39, 0.29) is 0 Å². The zero-order chi connectivity index (χ0) is 11.5. The Morgan fingerprint density at radius 3 is 2.50 bits per heavy atom. The van der Waals surface area contributed by atoms with Crippen molar-refractivity contribution in [1.29, 1.82) is 0 Å². The predicted molar refractivity (Wildman–Crippen MR) is 63.7 cm³/mol. The number of aromatic hydroxyl groups is 1. The molecule has 0 radical (unpaired) electrons. The number of rotatable bonds is 2. The van der Waals surface area contributed by atoms with Crippen molar-refractivity contribution in [3.8, 4) is 5.75 Å². The number of phenols is 1. The number of hydrogen-bond acceptors (Lipinski definition) is 3. The van der Waals surface area contributed by atoms with Gasteiger partial charge < -0.3 is 9.84 Å². The summed E-state index contributed by atoms with van der Waals surface area (Å²) in [5.41, 5.74) is 3.17. The van der Waals surface area contributed by atoms with Crippen molar-refractivity contribution in [1.82, 2.24) is 4.90 Å². The molecule has 0 atom stereocenters. The van der Waals surface area contributed by atoms with Gasteiger partial charge in [0.15, 0.2) is 0 Å². The largest absolute Gasteiger partial charge is 0.507 e. The molecule has 0 aromatic heterocycles. The molecule has 0 saturated carbocycles. The van der Waals surface area contributed by atoms with E-state index in [4.69, 9.17) is 4.74 Å². The fourth-order valence-electron chi connectivity index (χ4n) is 2.04. The summed E-state index contributed by atoms with van der Waals surface area (Å²) in [5.74, 6) is 0.450. The van der Waals surface area contributed by atoms with E-state index >= 15 is 0 Å². The fraction of sp³-hybridized carbons (Fsp3) is 0.538. The highest BCUT2D eigenvalue weighted by Crippen LogP contribution is 2.26. The van der Waals surface area contributed by atoms with E-state index in [2.05, 4.69) is 17.9 Å². The summed E-state index contributed by atoms with van der Waals surface area (Å²) in [7, 11) is 0. The van der Waals surface area contributed by atoms with E-state index in [1.54, 1.807) is 0 Å². The Bertz CT molecular complexity index is 370. The van der Waals surface area contributed by atoms with Gasteiger partial charge in [-0.05, 0) is 25.0 Å². The summed E-state index contributed by atoms with van der Waals surface area (Å²) in [6.07, 6.45) is 0. The van der Waals surface area contributed by atoms with Gasteiger partial charge in [-0.25, -0.2) is 0 Å². The molecule has 1 aromatic rings. The lowest BCUT2D eigenvalue weighted by molar-refractivity contribution is 0.0338. The molecule has 1 N–H and O–H groups in total. The van der Waals surface area contributed by atoms with Crippen molar-refractivity contribution in [2.45, 2.75) is 20.4 Å². The average molecular weight is 221 g/mol. The molecule has 0 amide bonds. The first kappa shape index (κ1) is 11.4. The van der Waals surface area contributed by atoms with Crippen LogP contribution in [0.1, 0.15) is 16.7 Å². The Balaban J connectivity index is 2.16. The molecule has 1 aliphatic rings. The zero-order valence-electron chi connectivity index (χ0n) is 9.99. The van der Waals surface area contributed by atoms with E-state index in [1.165, 1.54) is 0 Å². The maximum absolute atomic E-state index is 10.1. The van der Waals surface area contributed by atoms with Gasteiger partial charge in [-0.3, -0.25) is 4.90 Å². The van der Waals surface area contributed by atoms with Gasteiger partial charge in [-0.1, -0.05) is 12.1 Å². The second kappa shape index (κ2) is 4.85. The smallest absolute Gasteiger partial charge is 0.123 e. The standard InChI is InChI=1S/C13H19NO2/c1-10-3-4-11(2)13(15)12(10)9-14-5-7-16-8-6-14/h3-4,15H,5-9H2,1-2H3. The number of benzene rings is 1. The molecule has 3 heteroatoms. The molecule has 0 bridgehead atoms. The van der Waals surface area contributed by atoms with Crippen LogP contribution in [0, 0.1) is 13.8 Å². The fourth-order valence-corrected chi connectivity index (χ4v) is 2.04. The van der Waals surface area contributed by atoms with Crippen LogP contribution in [0.5, 0.6) is 5.75 Å². The van der Waals surface area contributed by atoms with Crippen molar-refractivity contribution in [2.75, 3.05) is 26.3 Å². The number of morpholine rings is 1. The van der Waals surface area contributed by atoms with Crippen LogP contribution in [-0.4, -0.2) is 36.3 Å². The van der Waals surface area contributed by atoms with Crippen molar-refractivity contribution in [2.24, 2.45) is 0 Å². The molecular formula is C13H19NO2. The quantitative estimate of drug-likeness (QED) is 0.827. The maximum Gasteiger partial charge on any atom is 0.123 e.